The molecule has 0 aliphatic heterocycles. The number of rotatable bonds is 5. The summed E-state index contributed by atoms with van der Waals surface area (Å²) in [5, 5.41) is 9.92. The topological polar surface area (TPSA) is 85.4 Å². The highest BCUT2D eigenvalue weighted by Crippen LogP contribution is 2.29. The van der Waals surface area contributed by atoms with Crippen LogP contribution in [-0.4, -0.2) is 22.7 Å². The van der Waals surface area contributed by atoms with Crippen LogP contribution >= 0.6 is 0 Å². The van der Waals surface area contributed by atoms with Crippen LogP contribution in [0.2, 0.25) is 0 Å². The molecule has 1 aromatic heterocycles. The van der Waals surface area contributed by atoms with Gasteiger partial charge in [-0.1, -0.05) is 13.8 Å². The molecule has 0 saturated carbocycles. The molecule has 0 aliphatic carbocycles. The molecule has 0 fully saturated rings. The molecule has 0 bridgehead atoms. The number of hydrogen-bond donors (Lipinski definition) is 2. The molecule has 3 N–H and O–H groups in total. The first-order valence-electron chi connectivity index (χ1n) is 6.66. The fourth-order valence-electron chi connectivity index (χ4n) is 2.12. The number of aromatic nitrogens is 1. The highest BCUT2D eigenvalue weighted by atomic mass is 16.5. The van der Waals surface area contributed by atoms with E-state index in [1.54, 1.807) is 6.07 Å². The van der Waals surface area contributed by atoms with Crippen LogP contribution < -0.4 is 10.5 Å². The molecule has 0 atom stereocenters. The Morgan fingerprint density at radius 1 is 1.40 bits per heavy atom. The van der Waals surface area contributed by atoms with Crippen molar-refractivity contribution < 1.29 is 14.6 Å². The summed E-state index contributed by atoms with van der Waals surface area (Å²) >= 11 is 0. The molecule has 1 aromatic carbocycles. The number of carboxylic acid groups (broad SMARTS) is 1. The molecule has 2 rings (SSSR count). The minimum Gasteiger partial charge on any atom is -0.494 e. The van der Waals surface area contributed by atoms with Crippen molar-refractivity contribution in [1.29, 1.82) is 0 Å². The van der Waals surface area contributed by atoms with Crippen molar-refractivity contribution in [3.05, 3.63) is 29.5 Å². The number of benzene rings is 1. The number of ether oxygens (including phenoxy) is 1. The molecule has 5 nitrogen and oxygen atoms in total. The molecule has 20 heavy (non-hydrogen) atoms. The normalized spacial score (nSPS) is 10.7. The molecule has 1 heterocycles. The van der Waals surface area contributed by atoms with Crippen molar-refractivity contribution in [3.8, 4) is 5.75 Å². The van der Waals surface area contributed by atoms with Gasteiger partial charge in [0, 0.05) is 5.39 Å². The summed E-state index contributed by atoms with van der Waals surface area (Å²) < 4.78 is 5.54. The third kappa shape index (κ3) is 2.52. The van der Waals surface area contributed by atoms with E-state index in [-0.39, 0.29) is 11.3 Å². The van der Waals surface area contributed by atoms with Crippen molar-refractivity contribution in [1.82, 2.24) is 4.98 Å². The SMILES string of the molecule is CCCOc1ccc2nc(CC)c(C(=O)O)c(N)c2c1. The molecule has 0 spiro atoms. The minimum absolute atomic E-state index is 0.0904. The predicted octanol–water partition coefficient (Wildman–Crippen LogP) is 2.87. The van der Waals surface area contributed by atoms with Crippen LogP contribution in [0.15, 0.2) is 18.2 Å². The molecule has 0 radical (unpaired) electrons. The van der Waals surface area contributed by atoms with E-state index in [1.165, 1.54) is 0 Å². The van der Waals surface area contributed by atoms with Crippen molar-refractivity contribution in [2.45, 2.75) is 26.7 Å². The zero-order valence-corrected chi connectivity index (χ0v) is 11.6. The van der Waals surface area contributed by atoms with Gasteiger partial charge in [-0.3, -0.25) is 4.98 Å². The maximum Gasteiger partial charge on any atom is 0.339 e. The molecule has 0 unspecified atom stereocenters. The van der Waals surface area contributed by atoms with Crippen molar-refractivity contribution in [2.24, 2.45) is 0 Å². The Hall–Kier alpha value is -2.30. The molecule has 106 valence electrons. The minimum atomic E-state index is -1.05. The monoisotopic (exact) mass is 274 g/mol. The average Bonchev–Trinajstić information content (AvgIpc) is 2.44. The van der Waals surface area contributed by atoms with Crippen LogP contribution in [0.4, 0.5) is 5.69 Å². The summed E-state index contributed by atoms with van der Waals surface area (Å²) in [7, 11) is 0. The first-order chi connectivity index (χ1) is 9.58. The second-order valence-electron chi connectivity index (χ2n) is 4.53. The second kappa shape index (κ2) is 5.77. The van der Waals surface area contributed by atoms with Gasteiger partial charge in [0.05, 0.1) is 23.5 Å². The van der Waals surface area contributed by atoms with Crippen molar-refractivity contribution in [3.63, 3.8) is 0 Å². The summed E-state index contributed by atoms with van der Waals surface area (Å²) in [6.07, 6.45) is 1.43. The summed E-state index contributed by atoms with van der Waals surface area (Å²) in [5.74, 6) is -0.373. The number of aryl methyl sites for hydroxylation is 1. The number of anilines is 1. The molecular weight excluding hydrogens is 256 g/mol. The molecular formula is C15H18N2O3. The lowest BCUT2D eigenvalue weighted by molar-refractivity contribution is 0.0696. The van der Waals surface area contributed by atoms with Crippen molar-refractivity contribution >= 4 is 22.6 Å². The molecule has 0 aliphatic rings. The van der Waals surface area contributed by atoms with E-state index in [0.29, 0.717) is 35.4 Å². The van der Waals surface area contributed by atoms with E-state index >= 15 is 0 Å². The van der Waals surface area contributed by atoms with E-state index < -0.39 is 5.97 Å². The van der Waals surface area contributed by atoms with Crippen LogP contribution in [0.5, 0.6) is 5.75 Å². The Labute approximate surface area is 117 Å². The lowest BCUT2D eigenvalue weighted by Gasteiger charge is -2.12. The van der Waals surface area contributed by atoms with Crippen LogP contribution in [-0.2, 0) is 6.42 Å². The third-order valence-corrected chi connectivity index (χ3v) is 3.09. The first-order valence-corrected chi connectivity index (χ1v) is 6.66. The van der Waals surface area contributed by atoms with E-state index in [4.69, 9.17) is 10.5 Å². The van der Waals surface area contributed by atoms with Gasteiger partial charge in [0.1, 0.15) is 11.3 Å². The van der Waals surface area contributed by atoms with Gasteiger partial charge in [0.15, 0.2) is 0 Å². The summed E-state index contributed by atoms with van der Waals surface area (Å²) in [6.45, 7) is 4.49. The summed E-state index contributed by atoms with van der Waals surface area (Å²) in [5.41, 5.74) is 7.55. The van der Waals surface area contributed by atoms with E-state index in [0.717, 1.165) is 6.42 Å². The molecule has 0 saturated heterocycles. The zero-order valence-electron chi connectivity index (χ0n) is 11.6. The van der Waals surface area contributed by atoms with Crippen LogP contribution in [0.1, 0.15) is 36.3 Å². The quantitative estimate of drug-likeness (QED) is 0.875. The third-order valence-electron chi connectivity index (χ3n) is 3.09. The van der Waals surface area contributed by atoms with Crippen molar-refractivity contribution in [2.75, 3.05) is 12.3 Å². The number of pyridine rings is 1. The van der Waals surface area contributed by atoms with Gasteiger partial charge in [-0.05, 0) is 31.0 Å². The largest absolute Gasteiger partial charge is 0.494 e. The Morgan fingerprint density at radius 3 is 2.75 bits per heavy atom. The maximum atomic E-state index is 11.4. The van der Waals surface area contributed by atoms with Gasteiger partial charge in [-0.25, -0.2) is 4.79 Å². The maximum absolute atomic E-state index is 11.4. The number of carboxylic acids is 1. The Kier molecular flexibility index (Phi) is 4.08. The lowest BCUT2D eigenvalue weighted by atomic mass is 10.0. The van der Waals surface area contributed by atoms with Crippen LogP contribution in [0.3, 0.4) is 0 Å². The number of fused-ring (bicyclic) bond motifs is 1. The van der Waals surface area contributed by atoms with Gasteiger partial charge in [0.2, 0.25) is 0 Å². The summed E-state index contributed by atoms with van der Waals surface area (Å²) in [4.78, 5) is 15.7. The average molecular weight is 274 g/mol. The highest BCUT2D eigenvalue weighted by Gasteiger charge is 2.18. The zero-order chi connectivity index (χ0) is 14.7. The number of nitrogen functional groups attached to an aromatic ring is 1. The van der Waals surface area contributed by atoms with Gasteiger partial charge in [-0.2, -0.15) is 0 Å². The number of carbonyl (C=O) groups is 1. The van der Waals surface area contributed by atoms with Gasteiger partial charge >= 0.3 is 5.97 Å². The highest BCUT2D eigenvalue weighted by molar-refractivity contribution is 6.04. The molecule has 2 aromatic rings. The molecule has 0 amide bonds. The lowest BCUT2D eigenvalue weighted by Crippen LogP contribution is -2.09. The van der Waals surface area contributed by atoms with Crippen LogP contribution in [0.25, 0.3) is 10.9 Å². The fourth-order valence-corrected chi connectivity index (χ4v) is 2.12. The van der Waals surface area contributed by atoms with Gasteiger partial charge in [0.25, 0.3) is 0 Å². The number of hydrogen-bond acceptors (Lipinski definition) is 4. The van der Waals surface area contributed by atoms with E-state index in [2.05, 4.69) is 4.98 Å². The smallest absolute Gasteiger partial charge is 0.339 e. The van der Waals surface area contributed by atoms with E-state index in [1.807, 2.05) is 26.0 Å². The predicted molar refractivity (Wildman–Crippen MR) is 78.3 cm³/mol. The van der Waals surface area contributed by atoms with Gasteiger partial charge < -0.3 is 15.6 Å². The van der Waals surface area contributed by atoms with Gasteiger partial charge in [-0.15, -0.1) is 0 Å². The number of nitrogens with two attached hydrogens (primary N) is 1. The van der Waals surface area contributed by atoms with E-state index in [9.17, 15) is 9.90 Å². The Bertz CT molecular complexity index is 653. The standard InChI is InChI=1S/C15H18N2O3/c1-3-7-20-9-5-6-12-10(8-9)14(16)13(15(18)19)11(4-2)17-12/h5-6,8H,3-4,7H2,1-2H3,(H2,16,17)(H,18,19). The fraction of sp³-hybridized carbons (Fsp3) is 0.333. The Balaban J connectivity index is 2.62. The molecule has 5 heteroatoms. The number of aromatic carboxylic acids is 1. The number of nitrogens with zero attached hydrogens (tertiary/aromatic N) is 1. The first kappa shape index (κ1) is 14.1. The Morgan fingerprint density at radius 2 is 2.15 bits per heavy atom. The second-order valence-corrected chi connectivity index (χ2v) is 4.53. The summed E-state index contributed by atoms with van der Waals surface area (Å²) in [6, 6.07) is 5.38. The van der Waals surface area contributed by atoms with Crippen LogP contribution in [0, 0.1) is 0 Å².